The smallest absolute Gasteiger partial charge is 0.242 e. The van der Waals surface area contributed by atoms with E-state index in [-0.39, 0.29) is 18.4 Å². The Morgan fingerprint density at radius 2 is 2.05 bits per heavy atom. The van der Waals surface area contributed by atoms with E-state index in [0.29, 0.717) is 0 Å². The summed E-state index contributed by atoms with van der Waals surface area (Å²) in [6.07, 6.45) is -0.726. The highest BCUT2D eigenvalue weighted by molar-refractivity contribution is 7.07. The van der Waals surface area contributed by atoms with Gasteiger partial charge in [-0.25, -0.2) is 0 Å². The summed E-state index contributed by atoms with van der Waals surface area (Å²) in [5, 5.41) is 18.8. The van der Waals surface area contributed by atoms with E-state index in [1.165, 1.54) is 11.3 Å². The maximum Gasteiger partial charge on any atom is 0.242 e. The van der Waals surface area contributed by atoms with Gasteiger partial charge in [-0.1, -0.05) is 20.8 Å². The molecule has 112 valence electrons. The van der Waals surface area contributed by atoms with E-state index >= 15 is 0 Å². The maximum atomic E-state index is 11.8. The second-order valence-corrected chi connectivity index (χ2v) is 6.54. The molecule has 0 radical (unpaired) electrons. The predicted octanol–water partition coefficient (Wildman–Crippen LogP) is 1.45. The van der Waals surface area contributed by atoms with Crippen molar-refractivity contribution < 1.29 is 14.7 Å². The lowest BCUT2D eigenvalue weighted by atomic mass is 9.95. The summed E-state index contributed by atoms with van der Waals surface area (Å²) in [5.74, 6) is -0.490. The fourth-order valence-corrected chi connectivity index (χ4v) is 2.12. The molecule has 1 aromatic heterocycles. The number of hydrogen-bond acceptors (Lipinski definition) is 4. The zero-order valence-electron chi connectivity index (χ0n) is 12.3. The van der Waals surface area contributed by atoms with Crippen LogP contribution in [-0.4, -0.2) is 29.5 Å². The van der Waals surface area contributed by atoms with Crippen LogP contribution in [0.15, 0.2) is 16.8 Å². The number of aliphatic hydroxyl groups is 1. The summed E-state index contributed by atoms with van der Waals surface area (Å²) in [6, 6.07) is 1.18. The maximum absolute atomic E-state index is 11.8. The lowest BCUT2D eigenvalue weighted by molar-refractivity contribution is -0.133. The van der Waals surface area contributed by atoms with Gasteiger partial charge in [-0.05, 0) is 29.3 Å². The van der Waals surface area contributed by atoms with Crippen LogP contribution in [-0.2, 0) is 9.59 Å². The second kappa shape index (κ2) is 6.85. The van der Waals surface area contributed by atoms with Gasteiger partial charge < -0.3 is 15.7 Å². The van der Waals surface area contributed by atoms with Gasteiger partial charge in [0.15, 0.2) is 0 Å². The molecule has 6 heteroatoms. The Hall–Kier alpha value is -1.40. The fraction of sp³-hybridized carbons (Fsp3) is 0.571. The van der Waals surface area contributed by atoms with Crippen LogP contribution in [0.5, 0.6) is 0 Å². The molecule has 0 saturated heterocycles. The Balaban J connectivity index is 2.41. The number of hydrogen-bond donors (Lipinski definition) is 3. The van der Waals surface area contributed by atoms with Crippen molar-refractivity contribution in [3.63, 3.8) is 0 Å². The SMILES string of the molecule is CC(NC(=O)C(C)(C)C)C(=O)NCC(O)c1ccsc1. The van der Waals surface area contributed by atoms with E-state index in [1.54, 1.807) is 27.7 Å². The molecule has 2 unspecified atom stereocenters. The number of aliphatic hydroxyl groups excluding tert-OH is 1. The molecule has 0 saturated carbocycles. The molecule has 0 aliphatic carbocycles. The van der Waals surface area contributed by atoms with Crippen molar-refractivity contribution in [1.82, 2.24) is 10.6 Å². The first kappa shape index (κ1) is 16.7. The summed E-state index contributed by atoms with van der Waals surface area (Å²) >= 11 is 1.49. The van der Waals surface area contributed by atoms with Gasteiger partial charge in [-0.2, -0.15) is 11.3 Å². The predicted molar refractivity (Wildman–Crippen MR) is 79.3 cm³/mol. The zero-order valence-corrected chi connectivity index (χ0v) is 13.1. The molecule has 0 spiro atoms. The molecule has 1 heterocycles. The zero-order chi connectivity index (χ0) is 15.3. The minimum Gasteiger partial charge on any atom is -0.387 e. The summed E-state index contributed by atoms with van der Waals surface area (Å²) in [5.41, 5.74) is 0.242. The van der Waals surface area contributed by atoms with Crippen LogP contribution >= 0.6 is 11.3 Å². The molecule has 2 amide bonds. The van der Waals surface area contributed by atoms with Crippen molar-refractivity contribution >= 4 is 23.2 Å². The van der Waals surface area contributed by atoms with Gasteiger partial charge in [0.25, 0.3) is 0 Å². The molecule has 1 aromatic rings. The van der Waals surface area contributed by atoms with Crippen molar-refractivity contribution in [2.24, 2.45) is 5.41 Å². The van der Waals surface area contributed by atoms with Crippen LogP contribution in [0.4, 0.5) is 0 Å². The highest BCUT2D eigenvalue weighted by atomic mass is 32.1. The molecule has 0 aromatic carbocycles. The molecule has 0 aliphatic rings. The van der Waals surface area contributed by atoms with Crippen molar-refractivity contribution in [1.29, 1.82) is 0 Å². The first-order valence-corrected chi connectivity index (χ1v) is 7.45. The Kier molecular flexibility index (Phi) is 5.71. The molecule has 0 bridgehead atoms. The summed E-state index contributed by atoms with van der Waals surface area (Å²) < 4.78 is 0. The van der Waals surface area contributed by atoms with Gasteiger partial charge in [0.05, 0.1) is 6.10 Å². The summed E-state index contributed by atoms with van der Waals surface area (Å²) in [7, 11) is 0. The average Bonchev–Trinajstić information content (AvgIpc) is 2.87. The average molecular weight is 298 g/mol. The van der Waals surface area contributed by atoms with Crippen LogP contribution in [0.25, 0.3) is 0 Å². The molecule has 20 heavy (non-hydrogen) atoms. The first-order chi connectivity index (χ1) is 9.21. The third-order valence-electron chi connectivity index (χ3n) is 2.82. The monoisotopic (exact) mass is 298 g/mol. The third-order valence-corrected chi connectivity index (χ3v) is 3.52. The Bertz CT molecular complexity index is 451. The van der Waals surface area contributed by atoms with Gasteiger partial charge >= 0.3 is 0 Å². The lowest BCUT2D eigenvalue weighted by Gasteiger charge is -2.21. The molecule has 0 fully saturated rings. The molecule has 2 atom stereocenters. The third kappa shape index (κ3) is 4.94. The van der Waals surface area contributed by atoms with Crippen LogP contribution < -0.4 is 10.6 Å². The van der Waals surface area contributed by atoms with Crippen LogP contribution in [0, 0.1) is 5.41 Å². The lowest BCUT2D eigenvalue weighted by Crippen LogP contribution is -2.48. The van der Waals surface area contributed by atoms with E-state index in [0.717, 1.165) is 5.56 Å². The number of carbonyl (C=O) groups is 2. The topological polar surface area (TPSA) is 78.4 Å². The van der Waals surface area contributed by atoms with Gasteiger partial charge in [-0.3, -0.25) is 9.59 Å². The summed E-state index contributed by atoms with van der Waals surface area (Å²) in [6.45, 7) is 7.11. The van der Waals surface area contributed by atoms with Crippen molar-refractivity contribution in [2.45, 2.75) is 39.8 Å². The molecule has 5 nitrogen and oxygen atoms in total. The number of rotatable bonds is 5. The molecule has 3 N–H and O–H groups in total. The number of thiophene rings is 1. The summed E-state index contributed by atoms with van der Waals surface area (Å²) in [4.78, 5) is 23.6. The van der Waals surface area contributed by atoms with Gasteiger partial charge in [0, 0.05) is 12.0 Å². The van der Waals surface area contributed by atoms with Crippen LogP contribution in [0.3, 0.4) is 0 Å². The van der Waals surface area contributed by atoms with Crippen molar-refractivity contribution in [3.05, 3.63) is 22.4 Å². The van der Waals surface area contributed by atoms with E-state index < -0.39 is 17.6 Å². The normalized spacial score (nSPS) is 14.4. The number of amides is 2. The highest BCUT2D eigenvalue weighted by Gasteiger charge is 2.25. The van der Waals surface area contributed by atoms with Crippen molar-refractivity contribution in [2.75, 3.05) is 6.54 Å². The molecule has 0 aliphatic heterocycles. The number of nitrogens with one attached hydrogen (secondary N) is 2. The van der Waals surface area contributed by atoms with E-state index in [4.69, 9.17) is 0 Å². The minimum absolute atomic E-state index is 0.130. The molecular formula is C14H22N2O3S. The largest absolute Gasteiger partial charge is 0.387 e. The highest BCUT2D eigenvalue weighted by Crippen LogP contribution is 2.15. The standard InChI is InChI=1S/C14H22N2O3S/c1-9(16-13(19)14(2,3)4)12(18)15-7-11(17)10-5-6-20-8-10/h5-6,8-9,11,17H,7H2,1-4H3,(H,15,18)(H,16,19). The van der Waals surface area contributed by atoms with E-state index in [9.17, 15) is 14.7 Å². The Morgan fingerprint density at radius 1 is 1.40 bits per heavy atom. The minimum atomic E-state index is -0.726. The molecule has 1 rings (SSSR count). The first-order valence-electron chi connectivity index (χ1n) is 6.50. The van der Waals surface area contributed by atoms with Crippen molar-refractivity contribution in [3.8, 4) is 0 Å². The van der Waals surface area contributed by atoms with Gasteiger partial charge in [-0.15, -0.1) is 0 Å². The quantitative estimate of drug-likeness (QED) is 0.770. The van der Waals surface area contributed by atoms with Gasteiger partial charge in [0.2, 0.25) is 11.8 Å². The van der Waals surface area contributed by atoms with Crippen LogP contribution in [0.2, 0.25) is 0 Å². The number of carbonyl (C=O) groups excluding carboxylic acids is 2. The van der Waals surface area contributed by atoms with E-state index in [2.05, 4.69) is 10.6 Å². The van der Waals surface area contributed by atoms with Gasteiger partial charge in [0.1, 0.15) is 6.04 Å². The van der Waals surface area contributed by atoms with Crippen LogP contribution in [0.1, 0.15) is 39.4 Å². The molecular weight excluding hydrogens is 276 g/mol. The second-order valence-electron chi connectivity index (χ2n) is 5.76. The Morgan fingerprint density at radius 3 is 2.55 bits per heavy atom. The Labute approximate surface area is 123 Å². The van der Waals surface area contributed by atoms with E-state index in [1.807, 2.05) is 16.8 Å². The fourth-order valence-electron chi connectivity index (χ4n) is 1.41.